The number of aromatic nitrogens is 1. The Morgan fingerprint density at radius 3 is 2.65 bits per heavy atom. The van der Waals surface area contributed by atoms with Gasteiger partial charge in [0.2, 0.25) is 0 Å². The van der Waals surface area contributed by atoms with Crippen LogP contribution in [-0.2, 0) is 13.1 Å². The molecule has 1 fully saturated rings. The van der Waals surface area contributed by atoms with Crippen LogP contribution < -0.4 is 5.32 Å². The van der Waals surface area contributed by atoms with Crippen molar-refractivity contribution in [2.75, 3.05) is 0 Å². The van der Waals surface area contributed by atoms with E-state index in [4.69, 9.17) is 0 Å². The van der Waals surface area contributed by atoms with Gasteiger partial charge in [-0.15, -0.1) is 0 Å². The van der Waals surface area contributed by atoms with E-state index in [0.717, 1.165) is 34.9 Å². The average Bonchev–Trinajstić information content (AvgIpc) is 2.88. The summed E-state index contributed by atoms with van der Waals surface area (Å²) in [7, 11) is 0. The Bertz CT molecular complexity index is 957. The summed E-state index contributed by atoms with van der Waals surface area (Å²) < 4.78 is 1.84. The number of benzene rings is 2. The Hall–Kier alpha value is -2.79. The van der Waals surface area contributed by atoms with Gasteiger partial charge in [-0.1, -0.05) is 36.8 Å². The first-order valence-corrected chi connectivity index (χ1v) is 8.98. The lowest BCUT2D eigenvalue weighted by Gasteiger charge is -2.26. The SMILES string of the molecule is O=C(O)c1c(CNC2CCC2)c2ccccc2n1Cc1cccc(O)c1. The molecular formula is C21H22N2O3. The standard InChI is InChI=1S/C21H22N2O3/c24-16-8-3-5-14(11-16)13-23-19-10-2-1-9-17(19)18(20(23)21(25)26)12-22-15-6-4-7-15/h1-3,5,8-11,15,22,24H,4,6-7,12-13H2,(H,25,26). The summed E-state index contributed by atoms with van der Waals surface area (Å²) in [6, 6.07) is 15.3. The van der Waals surface area contributed by atoms with E-state index in [1.165, 1.54) is 6.42 Å². The number of aromatic hydroxyl groups is 1. The van der Waals surface area contributed by atoms with Crippen molar-refractivity contribution in [2.24, 2.45) is 0 Å². The maximum absolute atomic E-state index is 12.1. The van der Waals surface area contributed by atoms with Gasteiger partial charge in [-0.2, -0.15) is 0 Å². The van der Waals surface area contributed by atoms with Crippen LogP contribution in [-0.4, -0.2) is 26.8 Å². The number of para-hydroxylation sites is 1. The quantitative estimate of drug-likeness (QED) is 0.633. The van der Waals surface area contributed by atoms with Crippen molar-refractivity contribution < 1.29 is 15.0 Å². The summed E-state index contributed by atoms with van der Waals surface area (Å²) in [5, 5.41) is 24.1. The van der Waals surface area contributed by atoms with Crippen LogP contribution in [0.25, 0.3) is 10.9 Å². The molecule has 26 heavy (non-hydrogen) atoms. The fraction of sp³-hybridized carbons (Fsp3) is 0.286. The van der Waals surface area contributed by atoms with Crippen LogP contribution in [0, 0.1) is 0 Å². The fourth-order valence-electron chi connectivity index (χ4n) is 3.66. The van der Waals surface area contributed by atoms with Crippen LogP contribution in [0.4, 0.5) is 0 Å². The fourth-order valence-corrected chi connectivity index (χ4v) is 3.66. The number of aromatic carboxylic acids is 1. The van der Waals surface area contributed by atoms with Crippen molar-refractivity contribution >= 4 is 16.9 Å². The minimum atomic E-state index is -0.924. The highest BCUT2D eigenvalue weighted by Crippen LogP contribution is 2.29. The third-order valence-corrected chi connectivity index (χ3v) is 5.20. The number of hydrogen-bond acceptors (Lipinski definition) is 3. The van der Waals surface area contributed by atoms with Gasteiger partial charge in [0.25, 0.3) is 0 Å². The van der Waals surface area contributed by atoms with Gasteiger partial charge < -0.3 is 20.1 Å². The van der Waals surface area contributed by atoms with E-state index in [2.05, 4.69) is 5.32 Å². The second-order valence-electron chi connectivity index (χ2n) is 6.91. The van der Waals surface area contributed by atoms with E-state index in [0.29, 0.717) is 24.8 Å². The van der Waals surface area contributed by atoms with Crippen LogP contribution in [0.15, 0.2) is 48.5 Å². The van der Waals surface area contributed by atoms with Crippen LogP contribution in [0.2, 0.25) is 0 Å². The molecule has 0 unspecified atom stereocenters. The third kappa shape index (κ3) is 3.06. The number of phenolic OH excluding ortho intramolecular Hbond substituents is 1. The number of nitrogens with zero attached hydrogens (tertiary/aromatic N) is 1. The van der Waals surface area contributed by atoms with Crippen molar-refractivity contribution in [3.63, 3.8) is 0 Å². The minimum Gasteiger partial charge on any atom is -0.508 e. The summed E-state index contributed by atoms with van der Waals surface area (Å²) in [5.74, 6) is -0.741. The molecule has 3 N–H and O–H groups in total. The molecule has 1 aromatic heterocycles. The molecule has 0 spiro atoms. The first-order chi connectivity index (χ1) is 12.6. The molecule has 134 valence electrons. The van der Waals surface area contributed by atoms with E-state index in [9.17, 15) is 15.0 Å². The number of nitrogens with one attached hydrogen (secondary N) is 1. The predicted octanol–water partition coefficient (Wildman–Crippen LogP) is 3.74. The molecule has 0 atom stereocenters. The van der Waals surface area contributed by atoms with Crippen LogP contribution >= 0.6 is 0 Å². The lowest BCUT2D eigenvalue weighted by molar-refractivity contribution is 0.0684. The summed E-state index contributed by atoms with van der Waals surface area (Å²) in [6.07, 6.45) is 3.55. The van der Waals surface area contributed by atoms with Crippen molar-refractivity contribution in [1.82, 2.24) is 9.88 Å². The summed E-state index contributed by atoms with van der Waals surface area (Å²) in [4.78, 5) is 12.1. The summed E-state index contributed by atoms with van der Waals surface area (Å²) >= 11 is 0. The number of carboxylic acids is 1. The van der Waals surface area contributed by atoms with E-state index >= 15 is 0 Å². The maximum atomic E-state index is 12.1. The number of hydrogen-bond donors (Lipinski definition) is 3. The third-order valence-electron chi connectivity index (χ3n) is 5.20. The predicted molar refractivity (Wildman–Crippen MR) is 101 cm³/mol. The van der Waals surface area contributed by atoms with E-state index in [1.807, 2.05) is 34.9 Å². The van der Waals surface area contributed by atoms with E-state index in [1.54, 1.807) is 18.2 Å². The largest absolute Gasteiger partial charge is 0.508 e. The normalized spacial score (nSPS) is 14.5. The van der Waals surface area contributed by atoms with Gasteiger partial charge in [-0.3, -0.25) is 0 Å². The molecule has 1 aliphatic carbocycles. The second kappa shape index (κ2) is 6.84. The first kappa shape index (κ1) is 16.7. The Kier molecular flexibility index (Phi) is 4.39. The molecule has 5 heteroatoms. The van der Waals surface area contributed by atoms with Gasteiger partial charge in [0.1, 0.15) is 11.4 Å². The molecular weight excluding hydrogens is 328 g/mol. The van der Waals surface area contributed by atoms with E-state index < -0.39 is 5.97 Å². The molecule has 0 radical (unpaired) electrons. The molecule has 0 bridgehead atoms. The Balaban J connectivity index is 1.79. The first-order valence-electron chi connectivity index (χ1n) is 8.98. The van der Waals surface area contributed by atoms with Crippen molar-refractivity contribution in [1.29, 1.82) is 0 Å². The summed E-state index contributed by atoms with van der Waals surface area (Å²) in [5.41, 5.74) is 2.92. The van der Waals surface area contributed by atoms with Crippen molar-refractivity contribution in [3.8, 4) is 5.75 Å². The van der Waals surface area contributed by atoms with Gasteiger partial charge in [-0.05, 0) is 36.6 Å². The molecule has 0 saturated heterocycles. The van der Waals surface area contributed by atoms with Crippen molar-refractivity contribution in [3.05, 3.63) is 65.4 Å². The van der Waals surface area contributed by atoms with Crippen LogP contribution in [0.3, 0.4) is 0 Å². The summed E-state index contributed by atoms with van der Waals surface area (Å²) in [6.45, 7) is 0.958. The monoisotopic (exact) mass is 350 g/mol. The highest BCUT2D eigenvalue weighted by atomic mass is 16.4. The lowest BCUT2D eigenvalue weighted by atomic mass is 9.93. The van der Waals surface area contributed by atoms with Gasteiger partial charge in [-0.25, -0.2) is 4.79 Å². The Labute approximate surface area is 151 Å². The molecule has 5 nitrogen and oxygen atoms in total. The topological polar surface area (TPSA) is 74.5 Å². The smallest absolute Gasteiger partial charge is 0.352 e. The second-order valence-corrected chi connectivity index (χ2v) is 6.91. The minimum absolute atomic E-state index is 0.183. The molecule has 1 aliphatic rings. The molecule has 2 aromatic carbocycles. The number of carboxylic acid groups (broad SMARTS) is 1. The molecule has 3 aromatic rings. The Morgan fingerprint density at radius 2 is 1.96 bits per heavy atom. The molecule has 0 amide bonds. The highest BCUT2D eigenvalue weighted by Gasteiger charge is 2.24. The zero-order valence-corrected chi connectivity index (χ0v) is 14.5. The maximum Gasteiger partial charge on any atom is 0.352 e. The highest BCUT2D eigenvalue weighted by molar-refractivity contribution is 5.98. The lowest BCUT2D eigenvalue weighted by Crippen LogP contribution is -2.34. The Morgan fingerprint density at radius 1 is 1.15 bits per heavy atom. The molecule has 1 saturated carbocycles. The van der Waals surface area contributed by atoms with Gasteiger partial charge in [0.15, 0.2) is 0 Å². The zero-order chi connectivity index (χ0) is 18.1. The van der Waals surface area contributed by atoms with E-state index in [-0.39, 0.29) is 5.75 Å². The van der Waals surface area contributed by atoms with Crippen LogP contribution in [0.1, 0.15) is 40.9 Å². The van der Waals surface area contributed by atoms with Crippen molar-refractivity contribution in [2.45, 2.75) is 38.4 Å². The zero-order valence-electron chi connectivity index (χ0n) is 14.5. The van der Waals surface area contributed by atoms with Gasteiger partial charge in [0, 0.05) is 35.6 Å². The van der Waals surface area contributed by atoms with Gasteiger partial charge >= 0.3 is 5.97 Å². The number of phenols is 1. The van der Waals surface area contributed by atoms with Crippen LogP contribution in [0.5, 0.6) is 5.75 Å². The molecule has 4 rings (SSSR count). The average molecular weight is 350 g/mol. The number of fused-ring (bicyclic) bond motifs is 1. The molecule has 0 aliphatic heterocycles. The molecule has 1 heterocycles. The van der Waals surface area contributed by atoms with Gasteiger partial charge in [0.05, 0.1) is 0 Å². The number of carbonyl (C=O) groups is 1. The number of rotatable bonds is 6.